The van der Waals surface area contributed by atoms with Crippen LogP contribution in [0.2, 0.25) is 0 Å². The van der Waals surface area contributed by atoms with E-state index in [4.69, 9.17) is 4.74 Å². The highest BCUT2D eigenvalue weighted by molar-refractivity contribution is 5.98. The first kappa shape index (κ1) is 18.6. The van der Waals surface area contributed by atoms with Gasteiger partial charge in [-0.25, -0.2) is 4.99 Å². The average molecular weight is 387 g/mol. The lowest BCUT2D eigenvalue weighted by molar-refractivity contribution is -0.138. The summed E-state index contributed by atoms with van der Waals surface area (Å²) in [6, 6.07) is 10.0. The van der Waals surface area contributed by atoms with Crippen LogP contribution in [0.5, 0.6) is 5.75 Å². The number of hydrogen-bond donors (Lipinski definition) is 1. The maximum absolute atomic E-state index is 13.2. The van der Waals surface area contributed by atoms with E-state index in [9.17, 15) is 13.2 Å². The molecule has 7 heteroatoms. The predicted molar refractivity (Wildman–Crippen MR) is 103 cm³/mol. The molecule has 2 aliphatic rings. The SMILES string of the molecule is C=C1NC(CN2CCc3c(cccc3C(F)(F)F)C2)=Nc2ccc(OC)cc21. The fourth-order valence-corrected chi connectivity index (χ4v) is 3.75. The topological polar surface area (TPSA) is 36.9 Å². The smallest absolute Gasteiger partial charge is 0.416 e. The van der Waals surface area contributed by atoms with Crippen LogP contribution in [0.15, 0.2) is 48.0 Å². The molecule has 0 bridgehead atoms. The van der Waals surface area contributed by atoms with Crippen molar-refractivity contribution in [2.24, 2.45) is 4.99 Å². The molecule has 0 spiro atoms. The molecule has 0 atom stereocenters. The minimum atomic E-state index is -4.31. The van der Waals surface area contributed by atoms with E-state index in [0.717, 1.165) is 40.2 Å². The minimum Gasteiger partial charge on any atom is -0.497 e. The number of aliphatic imine (C=N–C) groups is 1. The van der Waals surface area contributed by atoms with Gasteiger partial charge in [-0.2, -0.15) is 13.2 Å². The van der Waals surface area contributed by atoms with Crippen LogP contribution in [-0.4, -0.2) is 30.9 Å². The van der Waals surface area contributed by atoms with E-state index in [1.165, 1.54) is 6.07 Å². The molecule has 0 amide bonds. The Bertz CT molecular complexity index is 966. The number of nitrogens with zero attached hydrogens (tertiary/aromatic N) is 2. The molecular formula is C21H20F3N3O. The van der Waals surface area contributed by atoms with Crippen LogP contribution in [0.25, 0.3) is 5.70 Å². The Morgan fingerprint density at radius 1 is 1.25 bits per heavy atom. The van der Waals surface area contributed by atoms with Crippen molar-refractivity contribution in [1.82, 2.24) is 10.2 Å². The second-order valence-corrected chi connectivity index (χ2v) is 6.95. The normalized spacial score (nSPS) is 16.7. The van der Waals surface area contributed by atoms with E-state index in [1.54, 1.807) is 13.2 Å². The Morgan fingerprint density at radius 3 is 2.82 bits per heavy atom. The van der Waals surface area contributed by atoms with Gasteiger partial charge in [0, 0.05) is 24.4 Å². The molecule has 4 nitrogen and oxygen atoms in total. The summed E-state index contributed by atoms with van der Waals surface area (Å²) >= 11 is 0. The number of methoxy groups -OCH3 is 1. The van der Waals surface area contributed by atoms with Crippen LogP contribution >= 0.6 is 0 Å². The van der Waals surface area contributed by atoms with Gasteiger partial charge in [0.25, 0.3) is 0 Å². The van der Waals surface area contributed by atoms with Gasteiger partial charge in [0.1, 0.15) is 11.6 Å². The summed E-state index contributed by atoms with van der Waals surface area (Å²) in [4.78, 5) is 6.74. The first-order valence-electron chi connectivity index (χ1n) is 8.97. The molecule has 2 aliphatic heterocycles. The van der Waals surface area contributed by atoms with Crippen LogP contribution in [-0.2, 0) is 19.1 Å². The molecule has 28 heavy (non-hydrogen) atoms. The van der Waals surface area contributed by atoms with Crippen molar-refractivity contribution in [3.05, 3.63) is 65.2 Å². The van der Waals surface area contributed by atoms with Crippen LogP contribution in [0.1, 0.15) is 22.3 Å². The van der Waals surface area contributed by atoms with Gasteiger partial charge in [-0.05, 0) is 41.8 Å². The van der Waals surface area contributed by atoms with Crippen LogP contribution in [0.3, 0.4) is 0 Å². The summed E-state index contributed by atoms with van der Waals surface area (Å²) in [6.07, 6.45) is -3.95. The second kappa shape index (κ2) is 6.98. The van der Waals surface area contributed by atoms with Gasteiger partial charge in [0.15, 0.2) is 0 Å². The number of amidine groups is 1. The number of nitrogens with one attached hydrogen (secondary N) is 1. The van der Waals surface area contributed by atoms with Gasteiger partial charge in [0.05, 0.1) is 24.9 Å². The van der Waals surface area contributed by atoms with E-state index in [-0.39, 0.29) is 0 Å². The summed E-state index contributed by atoms with van der Waals surface area (Å²) in [6.45, 7) is 5.58. The molecule has 0 fully saturated rings. The number of fused-ring (bicyclic) bond motifs is 2. The van der Waals surface area contributed by atoms with Crippen LogP contribution in [0, 0.1) is 0 Å². The number of halogens is 3. The Balaban J connectivity index is 1.54. The maximum atomic E-state index is 13.2. The number of ether oxygens (including phenoxy) is 1. The minimum absolute atomic E-state index is 0.368. The summed E-state index contributed by atoms with van der Waals surface area (Å²) in [5, 5.41) is 3.21. The highest BCUT2D eigenvalue weighted by atomic mass is 19.4. The Kier molecular flexibility index (Phi) is 4.63. The van der Waals surface area contributed by atoms with Gasteiger partial charge in [-0.15, -0.1) is 0 Å². The Morgan fingerprint density at radius 2 is 2.07 bits per heavy atom. The molecule has 4 rings (SSSR count). The lowest BCUT2D eigenvalue weighted by atomic mass is 9.94. The standard InChI is InChI=1S/C21H20F3N3O/c1-13-17-10-15(28-2)6-7-19(17)26-20(25-13)12-27-9-8-16-14(11-27)4-3-5-18(16)21(22,23)24/h3-7,10H,1,8-9,11-12H2,2H3,(H,25,26). The molecule has 0 radical (unpaired) electrons. The Labute approximate surface area is 161 Å². The fraction of sp³-hybridized carbons (Fsp3) is 0.286. The van der Waals surface area contributed by atoms with Crippen molar-refractivity contribution >= 4 is 17.2 Å². The lowest BCUT2D eigenvalue weighted by Crippen LogP contribution is -2.40. The summed E-state index contributed by atoms with van der Waals surface area (Å²) in [7, 11) is 1.60. The lowest BCUT2D eigenvalue weighted by Gasteiger charge is -2.32. The number of rotatable bonds is 3. The third-order valence-corrected chi connectivity index (χ3v) is 5.10. The third kappa shape index (κ3) is 3.49. The first-order valence-corrected chi connectivity index (χ1v) is 8.97. The van der Waals surface area contributed by atoms with Gasteiger partial charge in [-0.3, -0.25) is 4.90 Å². The van der Waals surface area contributed by atoms with Crippen molar-refractivity contribution in [3.63, 3.8) is 0 Å². The number of hydrogen-bond acceptors (Lipinski definition) is 4. The van der Waals surface area contributed by atoms with Gasteiger partial charge >= 0.3 is 6.18 Å². The molecule has 2 aromatic carbocycles. The molecular weight excluding hydrogens is 367 g/mol. The van der Waals surface area contributed by atoms with E-state index >= 15 is 0 Å². The monoisotopic (exact) mass is 387 g/mol. The van der Waals surface area contributed by atoms with Crippen molar-refractivity contribution in [2.75, 3.05) is 20.2 Å². The molecule has 2 aromatic rings. The first-order chi connectivity index (χ1) is 13.3. The molecule has 0 saturated carbocycles. The predicted octanol–water partition coefficient (Wildman–Crippen LogP) is 4.38. The van der Waals surface area contributed by atoms with Crippen molar-refractivity contribution in [1.29, 1.82) is 0 Å². The molecule has 1 N–H and O–H groups in total. The molecule has 2 heterocycles. The zero-order valence-corrected chi connectivity index (χ0v) is 15.4. The van der Waals surface area contributed by atoms with Crippen LogP contribution < -0.4 is 10.1 Å². The fourth-order valence-electron chi connectivity index (χ4n) is 3.75. The van der Waals surface area contributed by atoms with Gasteiger partial charge < -0.3 is 10.1 Å². The van der Waals surface area contributed by atoms with Crippen molar-refractivity contribution in [3.8, 4) is 5.75 Å². The molecule has 0 aliphatic carbocycles. The van der Waals surface area contributed by atoms with E-state index in [2.05, 4.69) is 21.8 Å². The highest BCUT2D eigenvalue weighted by Gasteiger charge is 2.35. The zero-order chi connectivity index (χ0) is 19.9. The quantitative estimate of drug-likeness (QED) is 0.850. The maximum Gasteiger partial charge on any atom is 0.416 e. The number of benzene rings is 2. The highest BCUT2D eigenvalue weighted by Crippen LogP contribution is 2.36. The summed E-state index contributed by atoms with van der Waals surface area (Å²) in [5.41, 5.74) is 3.02. The number of alkyl halides is 3. The van der Waals surface area contributed by atoms with E-state index in [0.29, 0.717) is 31.6 Å². The van der Waals surface area contributed by atoms with Crippen molar-refractivity contribution in [2.45, 2.75) is 19.1 Å². The molecule has 146 valence electrons. The summed E-state index contributed by atoms with van der Waals surface area (Å²) < 4.78 is 44.9. The Hall–Kier alpha value is -2.80. The zero-order valence-electron chi connectivity index (χ0n) is 15.4. The average Bonchev–Trinajstić information content (AvgIpc) is 2.66. The molecule has 0 aromatic heterocycles. The van der Waals surface area contributed by atoms with Crippen molar-refractivity contribution < 1.29 is 17.9 Å². The summed E-state index contributed by atoms with van der Waals surface area (Å²) in [5.74, 6) is 1.46. The van der Waals surface area contributed by atoms with Gasteiger partial charge in [0.2, 0.25) is 0 Å². The molecule has 0 unspecified atom stereocenters. The second-order valence-electron chi connectivity index (χ2n) is 6.95. The largest absolute Gasteiger partial charge is 0.497 e. The van der Waals surface area contributed by atoms with E-state index in [1.807, 2.05) is 18.2 Å². The molecule has 0 saturated heterocycles. The van der Waals surface area contributed by atoms with Gasteiger partial charge in [-0.1, -0.05) is 18.7 Å². The van der Waals surface area contributed by atoms with E-state index < -0.39 is 11.7 Å². The third-order valence-electron chi connectivity index (χ3n) is 5.10. The van der Waals surface area contributed by atoms with Crippen LogP contribution in [0.4, 0.5) is 18.9 Å².